The van der Waals surface area contributed by atoms with Crippen LogP contribution in [0.2, 0.25) is 0 Å². The van der Waals surface area contributed by atoms with Crippen molar-refractivity contribution in [3.05, 3.63) is 83.1 Å². The van der Waals surface area contributed by atoms with E-state index in [2.05, 4.69) is 26.4 Å². The van der Waals surface area contributed by atoms with E-state index in [0.29, 0.717) is 10.7 Å². The van der Waals surface area contributed by atoms with Crippen molar-refractivity contribution < 1.29 is 4.79 Å². The molecular weight excluding hydrogens is 394 g/mol. The molecule has 0 saturated carbocycles. The summed E-state index contributed by atoms with van der Waals surface area (Å²) in [5.41, 5.74) is 6.27. The molecule has 148 valence electrons. The highest BCUT2D eigenvalue weighted by molar-refractivity contribution is 7.14. The number of hydrogen-bond donors (Lipinski definition) is 2. The van der Waals surface area contributed by atoms with Crippen LogP contribution in [0.15, 0.2) is 66.2 Å². The Morgan fingerprint density at radius 3 is 2.67 bits per heavy atom. The van der Waals surface area contributed by atoms with Gasteiger partial charge in [-0.3, -0.25) is 10.1 Å². The zero-order valence-corrected chi connectivity index (χ0v) is 17.3. The fourth-order valence-electron chi connectivity index (χ4n) is 3.68. The fourth-order valence-corrected chi connectivity index (χ4v) is 4.38. The highest BCUT2D eigenvalue weighted by Gasteiger charge is 2.18. The fraction of sp³-hybridized carbons (Fsp3) is 0.0870. The minimum absolute atomic E-state index is 0.216. The Labute approximate surface area is 177 Å². The summed E-state index contributed by atoms with van der Waals surface area (Å²) in [5, 5.41) is 10.9. The van der Waals surface area contributed by atoms with E-state index in [1.807, 2.05) is 67.8 Å². The van der Waals surface area contributed by atoms with Gasteiger partial charge in [0.25, 0.3) is 5.91 Å². The molecule has 0 atom stereocenters. The van der Waals surface area contributed by atoms with Gasteiger partial charge in [0.15, 0.2) is 5.13 Å². The second-order valence-electron chi connectivity index (χ2n) is 7.05. The lowest BCUT2D eigenvalue weighted by molar-refractivity contribution is 0.102. The average Bonchev–Trinajstić information content (AvgIpc) is 3.44. The van der Waals surface area contributed by atoms with Crippen molar-refractivity contribution >= 4 is 33.3 Å². The maximum absolute atomic E-state index is 12.9. The molecule has 3 aromatic heterocycles. The summed E-state index contributed by atoms with van der Waals surface area (Å²) in [7, 11) is 0. The average molecular weight is 414 g/mol. The monoisotopic (exact) mass is 413 g/mol. The number of thiazole rings is 1. The Morgan fingerprint density at radius 1 is 1.07 bits per heavy atom. The first-order chi connectivity index (χ1) is 14.6. The molecule has 0 bridgehead atoms. The molecule has 1 amide bonds. The predicted molar refractivity (Wildman–Crippen MR) is 120 cm³/mol. The third-order valence-corrected chi connectivity index (χ3v) is 5.89. The number of carbonyl (C=O) groups excluding carboxylic acids is 1. The number of H-pyrrole nitrogens is 1. The van der Waals surface area contributed by atoms with Crippen molar-refractivity contribution in [3.8, 4) is 16.9 Å². The molecule has 3 heterocycles. The lowest BCUT2D eigenvalue weighted by Crippen LogP contribution is -2.13. The summed E-state index contributed by atoms with van der Waals surface area (Å²) < 4.78 is 1.76. The smallest absolute Gasteiger partial charge is 0.260 e. The molecule has 0 radical (unpaired) electrons. The minimum atomic E-state index is -0.216. The van der Waals surface area contributed by atoms with Crippen molar-refractivity contribution in [3.63, 3.8) is 0 Å². The van der Waals surface area contributed by atoms with Gasteiger partial charge in [0, 0.05) is 27.5 Å². The lowest BCUT2D eigenvalue weighted by Gasteiger charge is -2.05. The second-order valence-corrected chi connectivity index (χ2v) is 7.91. The second kappa shape index (κ2) is 7.27. The molecule has 30 heavy (non-hydrogen) atoms. The molecule has 5 aromatic rings. The van der Waals surface area contributed by atoms with Gasteiger partial charge in [-0.15, -0.1) is 11.3 Å². The van der Waals surface area contributed by atoms with E-state index in [4.69, 9.17) is 0 Å². The molecule has 5 rings (SSSR count). The zero-order chi connectivity index (χ0) is 20.7. The van der Waals surface area contributed by atoms with E-state index in [1.54, 1.807) is 10.9 Å². The maximum atomic E-state index is 12.9. The van der Waals surface area contributed by atoms with Gasteiger partial charge in [-0.25, -0.2) is 9.67 Å². The van der Waals surface area contributed by atoms with E-state index in [9.17, 15) is 4.79 Å². The quantitative estimate of drug-likeness (QED) is 0.417. The van der Waals surface area contributed by atoms with E-state index in [0.717, 1.165) is 39.2 Å². The number of hydrogen-bond acceptors (Lipinski definition) is 4. The maximum Gasteiger partial charge on any atom is 0.260 e. The van der Waals surface area contributed by atoms with E-state index in [-0.39, 0.29) is 5.91 Å². The van der Waals surface area contributed by atoms with Crippen LogP contribution in [0.5, 0.6) is 0 Å². The number of anilines is 1. The topological polar surface area (TPSA) is 75.6 Å². The number of amides is 1. The summed E-state index contributed by atoms with van der Waals surface area (Å²) in [4.78, 5) is 20.9. The van der Waals surface area contributed by atoms with Gasteiger partial charge >= 0.3 is 0 Å². The largest absolute Gasteiger partial charge is 0.358 e. The Bertz CT molecular complexity index is 1360. The van der Waals surface area contributed by atoms with Gasteiger partial charge in [0.1, 0.15) is 0 Å². The number of aryl methyl sites for hydroxylation is 1. The molecular formula is C23H19N5OS. The number of fused-ring (bicyclic) bond motifs is 1. The Hall–Kier alpha value is -3.71. The number of benzene rings is 2. The van der Waals surface area contributed by atoms with Gasteiger partial charge in [0.05, 0.1) is 28.8 Å². The van der Waals surface area contributed by atoms with Crippen molar-refractivity contribution in [2.24, 2.45) is 0 Å². The number of para-hydroxylation sites is 2. The van der Waals surface area contributed by atoms with Crippen LogP contribution < -0.4 is 5.32 Å². The number of nitrogens with one attached hydrogen (secondary N) is 2. The molecule has 0 fully saturated rings. The zero-order valence-electron chi connectivity index (χ0n) is 16.5. The third kappa shape index (κ3) is 3.09. The van der Waals surface area contributed by atoms with Crippen LogP contribution in [0.4, 0.5) is 5.13 Å². The van der Waals surface area contributed by atoms with Crippen molar-refractivity contribution in [1.82, 2.24) is 19.7 Å². The van der Waals surface area contributed by atoms with Gasteiger partial charge in [-0.1, -0.05) is 36.4 Å². The van der Waals surface area contributed by atoms with Crippen LogP contribution in [0.3, 0.4) is 0 Å². The molecule has 2 aromatic carbocycles. The normalized spacial score (nSPS) is 11.1. The summed E-state index contributed by atoms with van der Waals surface area (Å²) in [6.45, 7) is 3.92. The van der Waals surface area contributed by atoms with Gasteiger partial charge in [0.2, 0.25) is 0 Å². The molecule has 0 aliphatic heterocycles. The number of carbonyl (C=O) groups is 1. The van der Waals surface area contributed by atoms with Gasteiger partial charge in [-0.2, -0.15) is 5.10 Å². The highest BCUT2D eigenvalue weighted by atomic mass is 32.1. The number of aromatic amines is 1. The number of nitrogens with zero attached hydrogens (tertiary/aromatic N) is 3. The molecule has 0 spiro atoms. The highest BCUT2D eigenvalue weighted by Crippen LogP contribution is 2.34. The SMILES string of the molecule is Cc1[nH]c2ccccc2c1-c1csc(NC(=O)c2cnn(-c3ccccc3)c2C)n1. The van der Waals surface area contributed by atoms with Gasteiger partial charge in [-0.05, 0) is 32.0 Å². The van der Waals surface area contributed by atoms with E-state index < -0.39 is 0 Å². The molecule has 0 saturated heterocycles. The molecule has 0 unspecified atom stereocenters. The van der Waals surface area contributed by atoms with Crippen LogP contribution >= 0.6 is 11.3 Å². The summed E-state index contributed by atoms with van der Waals surface area (Å²) in [6.07, 6.45) is 1.59. The van der Waals surface area contributed by atoms with Crippen LogP contribution in [-0.2, 0) is 0 Å². The van der Waals surface area contributed by atoms with E-state index in [1.165, 1.54) is 11.3 Å². The summed E-state index contributed by atoms with van der Waals surface area (Å²) in [5.74, 6) is -0.216. The van der Waals surface area contributed by atoms with Gasteiger partial charge < -0.3 is 4.98 Å². The Morgan fingerprint density at radius 2 is 1.83 bits per heavy atom. The molecule has 0 aliphatic rings. The Kier molecular flexibility index (Phi) is 4.44. The first-order valence-electron chi connectivity index (χ1n) is 9.56. The minimum Gasteiger partial charge on any atom is -0.358 e. The number of aromatic nitrogens is 4. The predicted octanol–water partition coefficient (Wildman–Crippen LogP) is 5.35. The molecule has 2 N–H and O–H groups in total. The van der Waals surface area contributed by atoms with Crippen molar-refractivity contribution in [1.29, 1.82) is 0 Å². The Balaban J connectivity index is 1.41. The number of rotatable bonds is 4. The van der Waals surface area contributed by atoms with Crippen LogP contribution in [0.1, 0.15) is 21.7 Å². The summed E-state index contributed by atoms with van der Waals surface area (Å²) in [6, 6.07) is 17.9. The van der Waals surface area contributed by atoms with Crippen LogP contribution in [-0.4, -0.2) is 25.7 Å². The third-order valence-electron chi connectivity index (χ3n) is 5.13. The first-order valence-corrected chi connectivity index (χ1v) is 10.4. The summed E-state index contributed by atoms with van der Waals surface area (Å²) >= 11 is 1.41. The van der Waals surface area contributed by atoms with Crippen LogP contribution in [0.25, 0.3) is 27.8 Å². The molecule has 7 heteroatoms. The van der Waals surface area contributed by atoms with Crippen molar-refractivity contribution in [2.75, 3.05) is 5.32 Å². The molecule has 6 nitrogen and oxygen atoms in total. The van der Waals surface area contributed by atoms with Crippen molar-refractivity contribution in [2.45, 2.75) is 13.8 Å². The standard InChI is InChI=1S/C23H19N5OS/c1-14-21(17-10-6-7-11-19(17)25-14)20-13-30-23(26-20)27-22(29)18-12-24-28(15(18)2)16-8-4-3-5-9-16/h3-13,25H,1-2H3,(H,26,27,29). The van der Waals surface area contributed by atoms with Crippen LogP contribution in [0, 0.1) is 13.8 Å². The van der Waals surface area contributed by atoms with E-state index >= 15 is 0 Å². The lowest BCUT2D eigenvalue weighted by atomic mass is 10.1. The first kappa shape index (κ1) is 18.3. The molecule has 0 aliphatic carbocycles.